The number of unbranched alkanes of at least 4 members (excludes halogenated alkanes) is 29. The van der Waals surface area contributed by atoms with Gasteiger partial charge in [0, 0.05) is 46.8 Å². The Morgan fingerprint density at radius 1 is 0.354 bits per heavy atom. The minimum absolute atomic E-state index is 0.290. The SMILES string of the molecule is CCCCCCCCN(CCCCCCCC)S(=O)(=O)CCCCCCCN(CCCCCCCS(=O)(=O)N(CCCCCCCC)CCCCCCCC)CCCCNC(=S)N(C)C. The van der Waals surface area contributed by atoms with Gasteiger partial charge in [0.05, 0.1) is 11.5 Å². The van der Waals surface area contributed by atoms with E-state index in [1.807, 2.05) is 27.6 Å². The molecular weight excluding hydrogens is 867 g/mol. The number of thiocarbonyl (C=S) groups is 1. The number of sulfonamides is 2. The summed E-state index contributed by atoms with van der Waals surface area (Å²) in [5.74, 6) is 0.581. The van der Waals surface area contributed by atoms with Crippen molar-refractivity contribution in [2.45, 2.75) is 259 Å². The van der Waals surface area contributed by atoms with Crippen LogP contribution in [0.15, 0.2) is 0 Å². The van der Waals surface area contributed by atoms with Gasteiger partial charge >= 0.3 is 0 Å². The summed E-state index contributed by atoms with van der Waals surface area (Å²) in [5, 5.41) is 4.14. The molecule has 0 fully saturated rings. The van der Waals surface area contributed by atoms with Crippen LogP contribution in [0.2, 0.25) is 0 Å². The van der Waals surface area contributed by atoms with E-state index in [0.29, 0.717) is 37.7 Å². The van der Waals surface area contributed by atoms with E-state index in [4.69, 9.17) is 12.2 Å². The molecule has 0 saturated carbocycles. The lowest BCUT2D eigenvalue weighted by molar-refractivity contribution is 0.255. The quantitative estimate of drug-likeness (QED) is 0.0476. The summed E-state index contributed by atoms with van der Waals surface area (Å²) in [7, 11) is -2.49. The van der Waals surface area contributed by atoms with Crippen molar-refractivity contribution in [2.75, 3.05) is 78.0 Å². The van der Waals surface area contributed by atoms with Gasteiger partial charge in [-0.3, -0.25) is 0 Å². The molecule has 0 unspecified atom stereocenters. The van der Waals surface area contributed by atoms with Crippen molar-refractivity contribution >= 4 is 37.4 Å². The number of rotatable bonds is 51. The van der Waals surface area contributed by atoms with Crippen molar-refractivity contribution in [2.24, 2.45) is 0 Å². The summed E-state index contributed by atoms with van der Waals surface area (Å²) in [4.78, 5) is 4.57. The average molecular weight is 979 g/mol. The number of nitrogens with one attached hydrogen (secondary N) is 1. The van der Waals surface area contributed by atoms with Crippen molar-refractivity contribution < 1.29 is 16.8 Å². The third-order valence-electron chi connectivity index (χ3n) is 13.2. The monoisotopic (exact) mass is 978 g/mol. The van der Waals surface area contributed by atoms with Gasteiger partial charge in [-0.05, 0) is 96.1 Å². The van der Waals surface area contributed by atoms with Gasteiger partial charge in [-0.25, -0.2) is 25.4 Å². The lowest BCUT2D eigenvalue weighted by atomic mass is 10.1. The summed E-state index contributed by atoms with van der Waals surface area (Å²) >= 11 is 5.41. The molecule has 0 spiro atoms. The van der Waals surface area contributed by atoms with Crippen LogP contribution < -0.4 is 5.32 Å². The maximum absolute atomic E-state index is 13.5. The Kier molecular flexibility index (Phi) is 45.5. The van der Waals surface area contributed by atoms with Gasteiger partial charge in [0.2, 0.25) is 20.0 Å². The predicted molar refractivity (Wildman–Crippen MR) is 290 cm³/mol. The molecule has 0 bridgehead atoms. The molecule has 0 radical (unpaired) electrons. The maximum Gasteiger partial charge on any atom is 0.214 e. The van der Waals surface area contributed by atoms with Crippen molar-refractivity contribution in [3.63, 3.8) is 0 Å². The van der Waals surface area contributed by atoms with E-state index in [2.05, 4.69) is 37.9 Å². The topological polar surface area (TPSA) is 93.3 Å². The van der Waals surface area contributed by atoms with Crippen LogP contribution in [0.5, 0.6) is 0 Å². The largest absolute Gasteiger partial charge is 0.363 e. The number of hydrogen-bond donors (Lipinski definition) is 1. The van der Waals surface area contributed by atoms with Crippen LogP contribution >= 0.6 is 12.2 Å². The standard InChI is InChI=1S/C53H111N5O4S3/c1-7-11-15-19-27-36-47-57(48-37-28-20-16-12-8-2)64(59,60)51-41-31-23-25-34-44-56(46-40-33-43-54-53(63)55(5)6)45-35-26-24-32-42-52-65(61,62)58(49-38-29-21-17-13-9-3)50-39-30-22-18-14-10-4/h7-52H2,1-6H3,(H,54,63). The van der Waals surface area contributed by atoms with Crippen LogP contribution in [0.1, 0.15) is 259 Å². The van der Waals surface area contributed by atoms with Crippen LogP contribution in [0.25, 0.3) is 0 Å². The zero-order chi connectivity index (χ0) is 48.1. The van der Waals surface area contributed by atoms with Crippen LogP contribution in [0.3, 0.4) is 0 Å². The Morgan fingerprint density at radius 2 is 0.600 bits per heavy atom. The molecule has 0 aliphatic carbocycles. The molecule has 0 aliphatic rings. The molecule has 0 saturated heterocycles. The number of hydrogen-bond acceptors (Lipinski definition) is 6. The second-order valence-corrected chi connectivity index (χ2v) is 24.3. The van der Waals surface area contributed by atoms with Gasteiger partial charge in [-0.15, -0.1) is 0 Å². The van der Waals surface area contributed by atoms with Crippen LogP contribution in [-0.4, -0.2) is 118 Å². The summed E-state index contributed by atoms with van der Waals surface area (Å²) in [6, 6.07) is 0. The van der Waals surface area contributed by atoms with Gasteiger partial charge in [0.25, 0.3) is 0 Å². The molecule has 0 aromatic rings. The van der Waals surface area contributed by atoms with E-state index in [0.717, 1.165) is 160 Å². The van der Waals surface area contributed by atoms with E-state index >= 15 is 0 Å². The zero-order valence-corrected chi connectivity index (χ0v) is 46.6. The summed E-state index contributed by atoms with van der Waals surface area (Å²) in [6.07, 6.45) is 40.8. The highest BCUT2D eigenvalue weighted by atomic mass is 32.2. The first kappa shape index (κ1) is 64.5. The van der Waals surface area contributed by atoms with Crippen molar-refractivity contribution in [1.82, 2.24) is 23.7 Å². The highest BCUT2D eigenvalue weighted by Crippen LogP contribution is 2.17. The van der Waals surface area contributed by atoms with E-state index < -0.39 is 20.0 Å². The summed E-state index contributed by atoms with van der Waals surface area (Å²) in [6.45, 7) is 15.8. The summed E-state index contributed by atoms with van der Waals surface area (Å²) in [5.41, 5.74) is 0. The summed E-state index contributed by atoms with van der Waals surface area (Å²) < 4.78 is 57.8. The van der Waals surface area contributed by atoms with Gasteiger partial charge in [0.15, 0.2) is 5.11 Å². The minimum atomic E-state index is -3.22. The molecule has 390 valence electrons. The van der Waals surface area contributed by atoms with Crippen LogP contribution in [0, 0.1) is 0 Å². The van der Waals surface area contributed by atoms with Crippen molar-refractivity contribution in [3.05, 3.63) is 0 Å². The molecule has 0 rings (SSSR count). The molecule has 12 heteroatoms. The molecule has 0 aromatic heterocycles. The Balaban J connectivity index is 4.92. The van der Waals surface area contributed by atoms with Gasteiger partial charge in [-0.1, -0.05) is 195 Å². The lowest BCUT2D eigenvalue weighted by Crippen LogP contribution is -2.35. The Bertz CT molecular complexity index is 1140. The molecular formula is C53H111N5O4S3. The smallest absolute Gasteiger partial charge is 0.214 e. The molecule has 0 heterocycles. The predicted octanol–water partition coefficient (Wildman–Crippen LogP) is 14.1. The normalized spacial score (nSPS) is 12.3. The van der Waals surface area contributed by atoms with Crippen LogP contribution in [-0.2, 0) is 20.0 Å². The second kappa shape index (κ2) is 45.9. The highest BCUT2D eigenvalue weighted by molar-refractivity contribution is 7.89. The van der Waals surface area contributed by atoms with Crippen molar-refractivity contribution in [1.29, 1.82) is 0 Å². The fourth-order valence-electron chi connectivity index (χ4n) is 8.76. The number of nitrogens with zero attached hydrogens (tertiary/aromatic N) is 4. The fourth-order valence-corrected chi connectivity index (χ4v) is 12.1. The lowest BCUT2D eigenvalue weighted by Gasteiger charge is -2.23. The maximum atomic E-state index is 13.5. The third-order valence-corrected chi connectivity index (χ3v) is 17.6. The van der Waals surface area contributed by atoms with Gasteiger partial charge in [-0.2, -0.15) is 0 Å². The molecule has 0 aliphatic heterocycles. The molecule has 1 N–H and O–H groups in total. The molecule has 65 heavy (non-hydrogen) atoms. The average Bonchev–Trinajstić information content (AvgIpc) is 3.27. The second-order valence-electron chi connectivity index (χ2n) is 19.7. The van der Waals surface area contributed by atoms with E-state index in [9.17, 15) is 16.8 Å². The van der Waals surface area contributed by atoms with Crippen molar-refractivity contribution in [3.8, 4) is 0 Å². The minimum Gasteiger partial charge on any atom is -0.363 e. The Hall–Kier alpha value is -0.530. The molecule has 9 nitrogen and oxygen atoms in total. The third kappa shape index (κ3) is 40.0. The molecule has 0 aromatic carbocycles. The van der Waals surface area contributed by atoms with Gasteiger partial charge < -0.3 is 15.1 Å². The zero-order valence-electron chi connectivity index (χ0n) is 44.2. The van der Waals surface area contributed by atoms with E-state index in [1.54, 1.807) is 0 Å². The van der Waals surface area contributed by atoms with Gasteiger partial charge in [0.1, 0.15) is 0 Å². The highest BCUT2D eigenvalue weighted by Gasteiger charge is 2.22. The molecule has 0 atom stereocenters. The first-order chi connectivity index (χ1) is 31.4. The first-order valence-corrected chi connectivity index (χ1v) is 31.7. The Labute approximate surface area is 412 Å². The van der Waals surface area contributed by atoms with Crippen LogP contribution in [0.4, 0.5) is 0 Å². The Morgan fingerprint density at radius 3 is 0.892 bits per heavy atom. The fraction of sp³-hybridized carbons (Fsp3) is 0.981. The van der Waals surface area contributed by atoms with E-state index in [-0.39, 0.29) is 0 Å². The molecule has 0 amide bonds. The first-order valence-electron chi connectivity index (χ1n) is 28.1. The van der Waals surface area contributed by atoms with E-state index in [1.165, 1.54) is 103 Å².